The Morgan fingerprint density at radius 1 is 1.11 bits per heavy atom. The van der Waals surface area contributed by atoms with Crippen molar-refractivity contribution in [3.05, 3.63) is 71.8 Å². The van der Waals surface area contributed by atoms with Crippen molar-refractivity contribution in [3.63, 3.8) is 0 Å². The third kappa shape index (κ3) is 3.97. The van der Waals surface area contributed by atoms with E-state index < -0.39 is 6.04 Å². The van der Waals surface area contributed by atoms with Crippen LogP contribution in [0.25, 0.3) is 0 Å². The largest absolute Gasteiger partial charge is 0.353 e. The van der Waals surface area contributed by atoms with Gasteiger partial charge in [0.1, 0.15) is 6.04 Å². The van der Waals surface area contributed by atoms with E-state index >= 15 is 0 Å². The van der Waals surface area contributed by atoms with E-state index in [4.69, 9.17) is 0 Å². The predicted octanol–water partition coefficient (Wildman–Crippen LogP) is 2.91. The van der Waals surface area contributed by atoms with E-state index in [1.807, 2.05) is 43.3 Å². The molecule has 3 rings (SSSR count). The van der Waals surface area contributed by atoms with Crippen LogP contribution in [0.1, 0.15) is 31.4 Å². The fraction of sp³-hybridized carbons (Fsp3) is 0.364. The van der Waals surface area contributed by atoms with Crippen LogP contribution in [-0.2, 0) is 10.2 Å². The maximum atomic E-state index is 12.9. The molecule has 0 saturated carbocycles. The summed E-state index contributed by atoms with van der Waals surface area (Å²) in [6, 6.07) is 19.8. The summed E-state index contributed by atoms with van der Waals surface area (Å²) in [5.41, 5.74) is 1.91. The lowest BCUT2D eigenvalue weighted by atomic mass is 9.76. The molecular formula is C22H27N3O2. The monoisotopic (exact) mass is 365 g/mol. The Balaban J connectivity index is 1.81. The van der Waals surface area contributed by atoms with Gasteiger partial charge in [-0.15, -0.1) is 0 Å². The van der Waals surface area contributed by atoms with Crippen LogP contribution in [0.2, 0.25) is 0 Å². The maximum Gasteiger partial charge on any atom is 0.318 e. The SMILES string of the molecule is CCC1C(=O)NCCN1C(=O)NCC(C)(c1ccccc1)c1ccccc1. The van der Waals surface area contributed by atoms with Gasteiger partial charge in [-0.3, -0.25) is 4.79 Å². The van der Waals surface area contributed by atoms with Crippen LogP contribution < -0.4 is 10.6 Å². The van der Waals surface area contributed by atoms with Gasteiger partial charge in [0.25, 0.3) is 0 Å². The van der Waals surface area contributed by atoms with Crippen LogP contribution in [-0.4, -0.2) is 42.5 Å². The molecule has 2 aromatic rings. The van der Waals surface area contributed by atoms with E-state index in [2.05, 4.69) is 41.8 Å². The maximum absolute atomic E-state index is 12.9. The summed E-state index contributed by atoms with van der Waals surface area (Å²) in [5, 5.41) is 5.91. The Kier molecular flexibility index (Phi) is 5.79. The Morgan fingerprint density at radius 3 is 2.19 bits per heavy atom. The zero-order valence-electron chi connectivity index (χ0n) is 15.9. The van der Waals surface area contributed by atoms with Gasteiger partial charge in [0.2, 0.25) is 5.91 Å². The number of carbonyl (C=O) groups is 2. The number of amides is 3. The zero-order valence-corrected chi connectivity index (χ0v) is 15.9. The quantitative estimate of drug-likeness (QED) is 0.856. The number of nitrogens with zero attached hydrogens (tertiary/aromatic N) is 1. The molecule has 1 fully saturated rings. The van der Waals surface area contributed by atoms with Gasteiger partial charge in [0.15, 0.2) is 0 Å². The van der Waals surface area contributed by atoms with E-state index in [-0.39, 0.29) is 17.4 Å². The number of nitrogens with one attached hydrogen (secondary N) is 2. The van der Waals surface area contributed by atoms with Crippen molar-refractivity contribution in [2.45, 2.75) is 31.7 Å². The first kappa shape index (κ1) is 19.0. The molecule has 5 nitrogen and oxygen atoms in total. The number of benzene rings is 2. The molecule has 0 spiro atoms. The van der Waals surface area contributed by atoms with Gasteiger partial charge in [-0.05, 0) is 24.5 Å². The fourth-order valence-electron chi connectivity index (χ4n) is 3.70. The summed E-state index contributed by atoms with van der Waals surface area (Å²) in [7, 11) is 0. The molecule has 2 aromatic carbocycles. The molecule has 0 bridgehead atoms. The first-order valence-corrected chi connectivity index (χ1v) is 9.49. The number of urea groups is 1. The Labute approximate surface area is 160 Å². The van der Waals surface area contributed by atoms with Gasteiger partial charge in [0.05, 0.1) is 0 Å². The minimum Gasteiger partial charge on any atom is -0.353 e. The predicted molar refractivity (Wildman–Crippen MR) is 107 cm³/mol. The second-order valence-corrected chi connectivity index (χ2v) is 7.13. The number of hydrogen-bond donors (Lipinski definition) is 2. The van der Waals surface area contributed by atoms with Crippen molar-refractivity contribution in [1.82, 2.24) is 15.5 Å². The van der Waals surface area contributed by atoms with Crippen molar-refractivity contribution >= 4 is 11.9 Å². The van der Waals surface area contributed by atoms with Crippen molar-refractivity contribution < 1.29 is 9.59 Å². The molecule has 5 heteroatoms. The van der Waals surface area contributed by atoms with Crippen molar-refractivity contribution in [3.8, 4) is 0 Å². The molecule has 0 aliphatic carbocycles. The number of piperazine rings is 1. The minimum atomic E-state index is -0.404. The van der Waals surface area contributed by atoms with Gasteiger partial charge in [-0.2, -0.15) is 0 Å². The second-order valence-electron chi connectivity index (χ2n) is 7.13. The lowest BCUT2D eigenvalue weighted by Gasteiger charge is -2.36. The average molecular weight is 365 g/mol. The van der Waals surface area contributed by atoms with E-state index in [1.54, 1.807) is 4.90 Å². The third-order valence-corrected chi connectivity index (χ3v) is 5.39. The normalized spacial score (nSPS) is 17.3. The molecule has 3 amide bonds. The smallest absolute Gasteiger partial charge is 0.318 e. The summed E-state index contributed by atoms with van der Waals surface area (Å²) < 4.78 is 0. The third-order valence-electron chi connectivity index (χ3n) is 5.39. The summed E-state index contributed by atoms with van der Waals surface area (Å²) in [6.07, 6.45) is 0.605. The summed E-state index contributed by atoms with van der Waals surface area (Å²) in [6.45, 7) is 5.54. The first-order chi connectivity index (χ1) is 13.1. The highest BCUT2D eigenvalue weighted by Crippen LogP contribution is 2.31. The van der Waals surface area contributed by atoms with Gasteiger partial charge < -0.3 is 15.5 Å². The van der Waals surface area contributed by atoms with Crippen LogP contribution >= 0.6 is 0 Å². The van der Waals surface area contributed by atoms with Crippen LogP contribution in [0.5, 0.6) is 0 Å². The fourth-order valence-corrected chi connectivity index (χ4v) is 3.70. The second kappa shape index (κ2) is 8.25. The Bertz CT molecular complexity index is 737. The lowest BCUT2D eigenvalue weighted by Crippen LogP contribution is -2.60. The summed E-state index contributed by atoms with van der Waals surface area (Å²) in [5.74, 6) is -0.0761. The van der Waals surface area contributed by atoms with E-state index in [0.717, 1.165) is 11.1 Å². The van der Waals surface area contributed by atoms with Crippen LogP contribution in [0.15, 0.2) is 60.7 Å². The van der Waals surface area contributed by atoms with Crippen molar-refractivity contribution in [2.75, 3.05) is 19.6 Å². The number of hydrogen-bond acceptors (Lipinski definition) is 2. The highest BCUT2D eigenvalue weighted by Gasteiger charge is 2.34. The zero-order chi connectivity index (χ0) is 19.3. The topological polar surface area (TPSA) is 61.4 Å². The molecule has 1 saturated heterocycles. The molecular weight excluding hydrogens is 338 g/mol. The van der Waals surface area contributed by atoms with Crippen molar-refractivity contribution in [1.29, 1.82) is 0 Å². The Hall–Kier alpha value is -2.82. The van der Waals surface area contributed by atoms with Crippen LogP contribution in [0.4, 0.5) is 4.79 Å². The molecule has 1 heterocycles. The molecule has 0 radical (unpaired) electrons. The minimum absolute atomic E-state index is 0.0761. The molecule has 1 unspecified atom stereocenters. The van der Waals surface area contributed by atoms with E-state index in [9.17, 15) is 9.59 Å². The molecule has 2 N–H and O–H groups in total. The van der Waals surface area contributed by atoms with Crippen LogP contribution in [0, 0.1) is 0 Å². The molecule has 0 aromatic heterocycles. The van der Waals surface area contributed by atoms with Gasteiger partial charge in [-0.25, -0.2) is 4.79 Å². The standard InChI is InChI=1S/C22H27N3O2/c1-3-19-20(26)23-14-15-25(19)21(27)24-16-22(2,17-10-6-4-7-11-17)18-12-8-5-9-13-18/h4-13,19H,3,14-16H2,1-2H3,(H,23,26)(H,24,27). The number of rotatable bonds is 5. The van der Waals surface area contributed by atoms with E-state index in [0.29, 0.717) is 26.1 Å². The van der Waals surface area contributed by atoms with Crippen molar-refractivity contribution in [2.24, 2.45) is 0 Å². The van der Waals surface area contributed by atoms with E-state index in [1.165, 1.54) is 0 Å². The summed E-state index contributed by atoms with van der Waals surface area (Å²) in [4.78, 5) is 26.6. The van der Waals surface area contributed by atoms with Gasteiger partial charge in [-0.1, -0.05) is 67.6 Å². The molecule has 27 heavy (non-hydrogen) atoms. The molecule has 1 atom stereocenters. The molecule has 142 valence electrons. The highest BCUT2D eigenvalue weighted by molar-refractivity contribution is 5.88. The van der Waals surface area contributed by atoms with Gasteiger partial charge >= 0.3 is 6.03 Å². The Morgan fingerprint density at radius 2 is 1.67 bits per heavy atom. The van der Waals surface area contributed by atoms with Crippen LogP contribution in [0.3, 0.4) is 0 Å². The lowest BCUT2D eigenvalue weighted by molar-refractivity contribution is -0.127. The molecule has 1 aliphatic rings. The highest BCUT2D eigenvalue weighted by atomic mass is 16.2. The average Bonchev–Trinajstić information content (AvgIpc) is 2.73. The number of carbonyl (C=O) groups excluding carboxylic acids is 2. The molecule has 1 aliphatic heterocycles. The summed E-state index contributed by atoms with van der Waals surface area (Å²) >= 11 is 0. The first-order valence-electron chi connectivity index (χ1n) is 9.49. The van der Waals surface area contributed by atoms with Gasteiger partial charge in [0, 0.05) is 25.0 Å².